The molecule has 1 saturated carbocycles. The molecule has 0 spiro atoms. The lowest BCUT2D eigenvalue weighted by Gasteiger charge is -2.09. The molecule has 0 radical (unpaired) electrons. The van der Waals surface area contributed by atoms with E-state index in [0.29, 0.717) is 6.04 Å². The molecule has 1 heterocycles. The summed E-state index contributed by atoms with van der Waals surface area (Å²) in [6.45, 7) is 4.08. The Morgan fingerprint density at radius 2 is 2.43 bits per heavy atom. The number of hydrogen-bond donors (Lipinski definition) is 2. The fourth-order valence-corrected chi connectivity index (χ4v) is 2.29. The Morgan fingerprint density at radius 3 is 3.07 bits per heavy atom. The van der Waals surface area contributed by atoms with Crippen LogP contribution in [0.3, 0.4) is 0 Å². The number of carbonyl (C=O) groups is 1. The predicted molar refractivity (Wildman–Crippen MR) is 55.9 cm³/mol. The highest BCUT2D eigenvalue weighted by atomic mass is 16.2. The van der Waals surface area contributed by atoms with Crippen LogP contribution in [0.1, 0.15) is 32.6 Å². The van der Waals surface area contributed by atoms with Gasteiger partial charge in [-0.3, -0.25) is 4.79 Å². The second-order valence-electron chi connectivity index (χ2n) is 4.59. The number of rotatable bonds is 4. The molecule has 3 nitrogen and oxygen atoms in total. The van der Waals surface area contributed by atoms with Crippen LogP contribution in [0.25, 0.3) is 0 Å². The van der Waals surface area contributed by atoms with E-state index in [1.54, 1.807) is 0 Å². The van der Waals surface area contributed by atoms with E-state index < -0.39 is 0 Å². The van der Waals surface area contributed by atoms with Crippen molar-refractivity contribution in [2.24, 2.45) is 11.8 Å². The molecule has 3 unspecified atom stereocenters. The second-order valence-corrected chi connectivity index (χ2v) is 4.59. The van der Waals surface area contributed by atoms with Crippen LogP contribution >= 0.6 is 0 Å². The molecule has 0 aromatic carbocycles. The predicted octanol–water partition coefficient (Wildman–Crippen LogP) is 0.901. The van der Waals surface area contributed by atoms with Crippen molar-refractivity contribution in [3.05, 3.63) is 0 Å². The SMILES string of the molecule is CCCC1CC1NC(=O)C1CCNC1. The minimum Gasteiger partial charge on any atom is -0.353 e. The van der Waals surface area contributed by atoms with Crippen LogP contribution in [0, 0.1) is 11.8 Å². The molecule has 0 bridgehead atoms. The molecule has 1 saturated heterocycles. The van der Waals surface area contributed by atoms with Crippen LogP contribution in [0.5, 0.6) is 0 Å². The molecule has 2 N–H and O–H groups in total. The summed E-state index contributed by atoms with van der Waals surface area (Å²) in [4.78, 5) is 11.7. The van der Waals surface area contributed by atoms with Crippen molar-refractivity contribution < 1.29 is 4.79 Å². The van der Waals surface area contributed by atoms with Gasteiger partial charge in [0, 0.05) is 12.6 Å². The highest BCUT2D eigenvalue weighted by molar-refractivity contribution is 5.79. The van der Waals surface area contributed by atoms with Gasteiger partial charge in [0.1, 0.15) is 0 Å². The first kappa shape index (κ1) is 9.97. The minimum atomic E-state index is 0.234. The number of nitrogens with one attached hydrogen (secondary N) is 2. The molecule has 3 heteroatoms. The Bertz CT molecular complexity index is 211. The highest BCUT2D eigenvalue weighted by Gasteiger charge is 2.38. The second kappa shape index (κ2) is 4.30. The van der Waals surface area contributed by atoms with Crippen molar-refractivity contribution in [1.29, 1.82) is 0 Å². The van der Waals surface area contributed by atoms with Crippen LogP contribution in [0.2, 0.25) is 0 Å². The maximum absolute atomic E-state index is 11.7. The van der Waals surface area contributed by atoms with Gasteiger partial charge in [-0.2, -0.15) is 0 Å². The summed E-state index contributed by atoms with van der Waals surface area (Å²) in [5.74, 6) is 1.29. The van der Waals surface area contributed by atoms with Gasteiger partial charge in [-0.05, 0) is 31.7 Å². The van der Waals surface area contributed by atoms with E-state index in [2.05, 4.69) is 17.6 Å². The Morgan fingerprint density at radius 1 is 1.57 bits per heavy atom. The number of hydrogen-bond acceptors (Lipinski definition) is 2. The normalized spacial score (nSPS) is 35.6. The van der Waals surface area contributed by atoms with Crippen molar-refractivity contribution in [2.45, 2.75) is 38.6 Å². The smallest absolute Gasteiger partial charge is 0.224 e. The Labute approximate surface area is 85.6 Å². The highest BCUT2D eigenvalue weighted by Crippen LogP contribution is 2.34. The molecule has 0 aromatic heterocycles. The Kier molecular flexibility index (Phi) is 3.06. The van der Waals surface area contributed by atoms with Crippen molar-refractivity contribution in [2.75, 3.05) is 13.1 Å². The first-order valence-corrected chi connectivity index (χ1v) is 5.82. The lowest BCUT2D eigenvalue weighted by Crippen LogP contribution is -2.34. The first-order valence-electron chi connectivity index (χ1n) is 5.82. The molecular formula is C11H20N2O. The van der Waals surface area contributed by atoms with Crippen LogP contribution in [0.15, 0.2) is 0 Å². The van der Waals surface area contributed by atoms with Crippen LogP contribution in [-0.4, -0.2) is 25.0 Å². The van der Waals surface area contributed by atoms with Gasteiger partial charge in [0.25, 0.3) is 0 Å². The Balaban J connectivity index is 1.68. The van der Waals surface area contributed by atoms with Gasteiger partial charge in [-0.1, -0.05) is 13.3 Å². The summed E-state index contributed by atoms with van der Waals surface area (Å²) in [6, 6.07) is 0.503. The summed E-state index contributed by atoms with van der Waals surface area (Å²) in [6.07, 6.45) is 4.73. The van der Waals surface area contributed by atoms with Crippen molar-refractivity contribution in [3.63, 3.8) is 0 Å². The molecule has 80 valence electrons. The van der Waals surface area contributed by atoms with E-state index >= 15 is 0 Å². The van der Waals surface area contributed by atoms with Crippen molar-refractivity contribution in [3.8, 4) is 0 Å². The van der Waals surface area contributed by atoms with E-state index in [9.17, 15) is 4.79 Å². The maximum atomic E-state index is 11.7. The summed E-state index contributed by atoms with van der Waals surface area (Å²) in [7, 11) is 0. The summed E-state index contributed by atoms with van der Waals surface area (Å²) in [5.41, 5.74) is 0. The van der Waals surface area contributed by atoms with Gasteiger partial charge in [-0.15, -0.1) is 0 Å². The van der Waals surface area contributed by atoms with Gasteiger partial charge in [0.05, 0.1) is 5.92 Å². The fraction of sp³-hybridized carbons (Fsp3) is 0.909. The van der Waals surface area contributed by atoms with E-state index in [1.807, 2.05) is 0 Å². The topological polar surface area (TPSA) is 41.1 Å². The zero-order valence-electron chi connectivity index (χ0n) is 8.88. The van der Waals surface area contributed by atoms with Crippen LogP contribution in [0.4, 0.5) is 0 Å². The van der Waals surface area contributed by atoms with E-state index in [0.717, 1.165) is 25.4 Å². The molecule has 1 aliphatic carbocycles. The average Bonchev–Trinajstić information content (AvgIpc) is 2.71. The standard InChI is InChI=1S/C11H20N2O/c1-2-3-8-6-10(8)13-11(14)9-4-5-12-7-9/h8-10,12H,2-7H2,1H3,(H,13,14). The Hall–Kier alpha value is -0.570. The molecular weight excluding hydrogens is 176 g/mol. The zero-order valence-corrected chi connectivity index (χ0v) is 8.88. The molecule has 2 aliphatic rings. The molecule has 1 amide bonds. The van der Waals surface area contributed by atoms with Crippen LogP contribution < -0.4 is 10.6 Å². The van der Waals surface area contributed by atoms with E-state index in [-0.39, 0.29) is 11.8 Å². The van der Waals surface area contributed by atoms with Crippen molar-refractivity contribution >= 4 is 5.91 Å². The minimum absolute atomic E-state index is 0.234. The first-order chi connectivity index (χ1) is 6.81. The largest absolute Gasteiger partial charge is 0.353 e. The van der Waals surface area contributed by atoms with E-state index in [4.69, 9.17) is 0 Å². The summed E-state index contributed by atoms with van der Waals surface area (Å²) < 4.78 is 0. The molecule has 2 fully saturated rings. The quantitative estimate of drug-likeness (QED) is 0.701. The monoisotopic (exact) mass is 196 g/mol. The molecule has 2 rings (SSSR count). The third-order valence-corrected chi connectivity index (χ3v) is 3.34. The van der Waals surface area contributed by atoms with Gasteiger partial charge in [0.2, 0.25) is 5.91 Å². The molecule has 1 aliphatic heterocycles. The third kappa shape index (κ3) is 2.27. The van der Waals surface area contributed by atoms with Crippen LogP contribution in [-0.2, 0) is 4.79 Å². The maximum Gasteiger partial charge on any atom is 0.224 e. The number of carbonyl (C=O) groups excluding carboxylic acids is 1. The summed E-state index contributed by atoms with van der Waals surface area (Å²) >= 11 is 0. The molecule has 0 aromatic rings. The fourth-order valence-electron chi connectivity index (χ4n) is 2.29. The van der Waals surface area contributed by atoms with Gasteiger partial charge in [-0.25, -0.2) is 0 Å². The van der Waals surface area contributed by atoms with E-state index in [1.165, 1.54) is 19.3 Å². The van der Waals surface area contributed by atoms with Gasteiger partial charge >= 0.3 is 0 Å². The molecule has 3 atom stereocenters. The lowest BCUT2D eigenvalue weighted by molar-refractivity contribution is -0.124. The molecule has 14 heavy (non-hydrogen) atoms. The van der Waals surface area contributed by atoms with Crippen molar-refractivity contribution in [1.82, 2.24) is 10.6 Å². The number of amides is 1. The summed E-state index contributed by atoms with van der Waals surface area (Å²) in [5, 5.41) is 6.37. The average molecular weight is 196 g/mol. The van der Waals surface area contributed by atoms with Gasteiger partial charge in [0.15, 0.2) is 0 Å². The third-order valence-electron chi connectivity index (χ3n) is 3.34. The lowest BCUT2D eigenvalue weighted by atomic mass is 10.1. The van der Waals surface area contributed by atoms with Gasteiger partial charge < -0.3 is 10.6 Å². The zero-order chi connectivity index (χ0) is 9.97.